The van der Waals surface area contributed by atoms with Gasteiger partial charge in [0.05, 0.1) is 0 Å². The summed E-state index contributed by atoms with van der Waals surface area (Å²) in [7, 11) is 0. The summed E-state index contributed by atoms with van der Waals surface area (Å²) in [6.07, 6.45) is 0.710. The summed E-state index contributed by atoms with van der Waals surface area (Å²) in [5.41, 5.74) is 2.03. The van der Waals surface area contributed by atoms with Gasteiger partial charge in [0.15, 0.2) is 0 Å². The van der Waals surface area contributed by atoms with E-state index >= 15 is 0 Å². The number of hydrogen-bond acceptors (Lipinski definition) is 4. The molecule has 0 aromatic carbocycles. The van der Waals surface area contributed by atoms with Crippen LogP contribution in [0.1, 0.15) is 11.3 Å². The van der Waals surface area contributed by atoms with Crippen LogP contribution in [0.5, 0.6) is 0 Å². The Morgan fingerprint density at radius 3 is 2.47 bits per heavy atom. The third-order valence-corrected chi connectivity index (χ3v) is 3.16. The second-order valence-electron chi connectivity index (χ2n) is 4.16. The molecular formula is C11H16N4O2. The fourth-order valence-corrected chi connectivity index (χ4v) is 1.95. The third kappa shape index (κ3) is 2.30. The molecule has 1 fully saturated rings. The van der Waals surface area contributed by atoms with Crippen LogP contribution in [0.2, 0.25) is 0 Å². The average Bonchev–Trinajstić information content (AvgIpc) is 2.33. The van der Waals surface area contributed by atoms with E-state index in [0.717, 1.165) is 17.1 Å². The standard InChI is InChI=1S/C11H16N4O2/c1-8-9(2)12-7-13-10(8)14-3-5-15(6-4-14)11(16)17/h7H,3-6H2,1-2H3,(H,16,17). The molecule has 6 nitrogen and oxygen atoms in total. The Labute approximate surface area is 99.9 Å². The van der Waals surface area contributed by atoms with Crippen LogP contribution in [0.4, 0.5) is 10.6 Å². The lowest BCUT2D eigenvalue weighted by Crippen LogP contribution is -2.48. The number of anilines is 1. The highest BCUT2D eigenvalue weighted by atomic mass is 16.4. The Morgan fingerprint density at radius 2 is 1.88 bits per heavy atom. The molecule has 0 spiro atoms. The van der Waals surface area contributed by atoms with Crippen molar-refractivity contribution in [2.24, 2.45) is 0 Å². The van der Waals surface area contributed by atoms with Crippen LogP contribution < -0.4 is 4.90 Å². The van der Waals surface area contributed by atoms with Crippen molar-refractivity contribution in [1.82, 2.24) is 14.9 Å². The van der Waals surface area contributed by atoms with Gasteiger partial charge in [-0.1, -0.05) is 0 Å². The summed E-state index contributed by atoms with van der Waals surface area (Å²) < 4.78 is 0. The minimum absolute atomic E-state index is 0.526. The van der Waals surface area contributed by atoms with Crippen molar-refractivity contribution in [1.29, 1.82) is 0 Å². The Kier molecular flexibility index (Phi) is 3.12. The Balaban J connectivity index is 2.10. The molecule has 0 radical (unpaired) electrons. The summed E-state index contributed by atoms with van der Waals surface area (Å²) in [6.45, 7) is 6.37. The van der Waals surface area contributed by atoms with Gasteiger partial charge in [-0.25, -0.2) is 14.8 Å². The molecule has 1 saturated heterocycles. The number of nitrogens with zero attached hydrogens (tertiary/aromatic N) is 4. The second-order valence-corrected chi connectivity index (χ2v) is 4.16. The molecule has 0 aliphatic carbocycles. The van der Waals surface area contributed by atoms with E-state index in [1.165, 1.54) is 4.90 Å². The second kappa shape index (κ2) is 4.57. The summed E-state index contributed by atoms with van der Waals surface area (Å²) in [5.74, 6) is 0.919. The van der Waals surface area contributed by atoms with E-state index in [0.29, 0.717) is 26.2 Å². The van der Waals surface area contributed by atoms with Crippen LogP contribution >= 0.6 is 0 Å². The summed E-state index contributed by atoms with van der Waals surface area (Å²) in [5, 5.41) is 8.88. The lowest BCUT2D eigenvalue weighted by atomic mass is 10.2. The predicted octanol–water partition coefficient (Wildman–Crippen LogP) is 0.893. The molecule has 0 bridgehead atoms. The van der Waals surface area contributed by atoms with Gasteiger partial charge >= 0.3 is 6.09 Å². The maximum absolute atomic E-state index is 10.8. The molecule has 1 aliphatic rings. The molecule has 1 aromatic rings. The first-order chi connectivity index (χ1) is 8.09. The van der Waals surface area contributed by atoms with E-state index in [4.69, 9.17) is 5.11 Å². The smallest absolute Gasteiger partial charge is 0.407 e. The van der Waals surface area contributed by atoms with Gasteiger partial charge in [-0.05, 0) is 13.8 Å². The molecule has 1 aliphatic heterocycles. The summed E-state index contributed by atoms with van der Waals surface area (Å²) in [4.78, 5) is 22.8. The Hall–Kier alpha value is -1.85. The lowest BCUT2D eigenvalue weighted by Gasteiger charge is -2.34. The Morgan fingerprint density at radius 1 is 1.24 bits per heavy atom. The normalized spacial score (nSPS) is 16.1. The number of piperazine rings is 1. The largest absolute Gasteiger partial charge is 0.465 e. The van der Waals surface area contributed by atoms with Crippen LogP contribution in [0.15, 0.2) is 6.33 Å². The van der Waals surface area contributed by atoms with Crippen LogP contribution in [0, 0.1) is 13.8 Å². The van der Waals surface area contributed by atoms with Gasteiger partial charge in [0, 0.05) is 37.4 Å². The van der Waals surface area contributed by atoms with Crippen molar-refractivity contribution in [3.05, 3.63) is 17.6 Å². The molecule has 92 valence electrons. The number of amides is 1. The number of rotatable bonds is 1. The van der Waals surface area contributed by atoms with Crippen LogP contribution in [0.3, 0.4) is 0 Å². The van der Waals surface area contributed by atoms with E-state index < -0.39 is 6.09 Å². The van der Waals surface area contributed by atoms with Crippen molar-refractivity contribution in [2.75, 3.05) is 31.1 Å². The van der Waals surface area contributed by atoms with Crippen molar-refractivity contribution in [3.8, 4) is 0 Å². The maximum Gasteiger partial charge on any atom is 0.407 e. The maximum atomic E-state index is 10.8. The van der Waals surface area contributed by atoms with Crippen LogP contribution in [-0.4, -0.2) is 52.2 Å². The van der Waals surface area contributed by atoms with Crippen molar-refractivity contribution in [2.45, 2.75) is 13.8 Å². The van der Waals surface area contributed by atoms with Crippen LogP contribution in [-0.2, 0) is 0 Å². The zero-order valence-corrected chi connectivity index (χ0v) is 10.1. The number of carbonyl (C=O) groups is 1. The van der Waals surface area contributed by atoms with Gasteiger partial charge in [0.2, 0.25) is 0 Å². The molecule has 1 amide bonds. The quantitative estimate of drug-likeness (QED) is 0.784. The zero-order chi connectivity index (χ0) is 12.4. The van der Waals surface area contributed by atoms with Gasteiger partial charge in [0.25, 0.3) is 0 Å². The van der Waals surface area contributed by atoms with E-state index in [2.05, 4.69) is 14.9 Å². The zero-order valence-electron chi connectivity index (χ0n) is 10.1. The third-order valence-electron chi connectivity index (χ3n) is 3.16. The Bertz CT molecular complexity index is 427. The first-order valence-electron chi connectivity index (χ1n) is 5.60. The molecule has 1 N–H and O–H groups in total. The number of aromatic nitrogens is 2. The predicted molar refractivity (Wildman–Crippen MR) is 63.3 cm³/mol. The molecule has 6 heteroatoms. The summed E-state index contributed by atoms with van der Waals surface area (Å²) in [6, 6.07) is 0. The van der Waals surface area contributed by atoms with Crippen LogP contribution in [0.25, 0.3) is 0 Å². The van der Waals surface area contributed by atoms with Gasteiger partial charge in [0.1, 0.15) is 12.1 Å². The highest BCUT2D eigenvalue weighted by Gasteiger charge is 2.22. The molecule has 1 aromatic heterocycles. The first-order valence-corrected chi connectivity index (χ1v) is 5.60. The molecule has 17 heavy (non-hydrogen) atoms. The molecule has 2 rings (SSSR count). The fourth-order valence-electron chi connectivity index (χ4n) is 1.95. The number of carboxylic acid groups (broad SMARTS) is 1. The van der Waals surface area contributed by atoms with Gasteiger partial charge in [-0.3, -0.25) is 0 Å². The minimum atomic E-state index is -0.847. The highest BCUT2D eigenvalue weighted by molar-refractivity contribution is 5.65. The average molecular weight is 236 g/mol. The number of hydrogen-bond donors (Lipinski definition) is 1. The molecule has 2 heterocycles. The molecule has 0 unspecified atom stereocenters. The minimum Gasteiger partial charge on any atom is -0.465 e. The number of aryl methyl sites for hydroxylation is 1. The van der Waals surface area contributed by atoms with E-state index in [1.54, 1.807) is 6.33 Å². The summed E-state index contributed by atoms with van der Waals surface area (Å²) >= 11 is 0. The fraction of sp³-hybridized carbons (Fsp3) is 0.545. The molecular weight excluding hydrogens is 220 g/mol. The molecule has 0 saturated carbocycles. The SMILES string of the molecule is Cc1ncnc(N2CCN(C(=O)O)CC2)c1C. The van der Waals surface area contributed by atoms with Crippen molar-refractivity contribution < 1.29 is 9.90 Å². The van der Waals surface area contributed by atoms with E-state index in [-0.39, 0.29) is 0 Å². The van der Waals surface area contributed by atoms with E-state index in [9.17, 15) is 4.79 Å². The van der Waals surface area contributed by atoms with Crippen molar-refractivity contribution >= 4 is 11.9 Å². The lowest BCUT2D eigenvalue weighted by molar-refractivity contribution is 0.142. The first kappa shape index (κ1) is 11.6. The highest BCUT2D eigenvalue weighted by Crippen LogP contribution is 2.19. The van der Waals surface area contributed by atoms with Gasteiger partial charge in [-0.2, -0.15) is 0 Å². The molecule has 0 atom stereocenters. The van der Waals surface area contributed by atoms with Crippen molar-refractivity contribution in [3.63, 3.8) is 0 Å². The van der Waals surface area contributed by atoms with Gasteiger partial charge in [-0.15, -0.1) is 0 Å². The topological polar surface area (TPSA) is 69.6 Å². The van der Waals surface area contributed by atoms with Gasteiger partial charge < -0.3 is 14.9 Å². The van der Waals surface area contributed by atoms with E-state index in [1.807, 2.05) is 13.8 Å². The monoisotopic (exact) mass is 236 g/mol.